The molecule has 0 aromatic heterocycles. The van der Waals surface area contributed by atoms with Crippen molar-refractivity contribution in [3.05, 3.63) is 35.1 Å². The molecule has 16 heavy (non-hydrogen) atoms. The minimum atomic E-state index is -4.67. The van der Waals surface area contributed by atoms with Crippen molar-refractivity contribution in [2.75, 3.05) is 6.54 Å². The molecule has 0 atom stereocenters. The quantitative estimate of drug-likeness (QED) is 0.583. The van der Waals surface area contributed by atoms with Crippen LogP contribution in [0, 0.1) is 17.7 Å². The van der Waals surface area contributed by atoms with E-state index in [1.54, 1.807) is 0 Å². The van der Waals surface area contributed by atoms with Gasteiger partial charge in [-0.1, -0.05) is 11.8 Å². The van der Waals surface area contributed by atoms with Crippen LogP contribution in [0.3, 0.4) is 0 Å². The van der Waals surface area contributed by atoms with Crippen molar-refractivity contribution in [1.82, 2.24) is 0 Å². The Balaban J connectivity index is 2.97. The number of hydrogen-bond donors (Lipinski definition) is 1. The van der Waals surface area contributed by atoms with Crippen LogP contribution in [0.2, 0.25) is 0 Å². The highest BCUT2D eigenvalue weighted by Gasteiger charge is 2.33. The van der Waals surface area contributed by atoms with E-state index < -0.39 is 17.6 Å². The van der Waals surface area contributed by atoms with Gasteiger partial charge < -0.3 is 5.73 Å². The van der Waals surface area contributed by atoms with E-state index in [-0.39, 0.29) is 5.56 Å². The smallest absolute Gasteiger partial charge is 0.330 e. The lowest BCUT2D eigenvalue weighted by molar-refractivity contribution is -0.140. The molecule has 0 saturated carbocycles. The fourth-order valence-corrected chi connectivity index (χ4v) is 1.06. The van der Waals surface area contributed by atoms with E-state index in [9.17, 15) is 17.6 Å². The molecule has 0 aliphatic carbocycles. The summed E-state index contributed by atoms with van der Waals surface area (Å²) in [4.78, 5) is 0. The minimum absolute atomic E-state index is 0.207. The van der Waals surface area contributed by atoms with Gasteiger partial charge in [0.25, 0.3) is 0 Å². The maximum absolute atomic E-state index is 13.0. The van der Waals surface area contributed by atoms with Gasteiger partial charge in [-0.15, -0.1) is 0 Å². The summed E-state index contributed by atoms with van der Waals surface area (Å²) < 4.78 is 49.6. The first-order valence-electron chi connectivity index (χ1n) is 4.51. The molecule has 0 heterocycles. The molecule has 0 aliphatic rings. The van der Waals surface area contributed by atoms with Gasteiger partial charge in [0, 0.05) is 18.5 Å². The Labute approximate surface area is 90.3 Å². The van der Waals surface area contributed by atoms with Crippen LogP contribution in [0.15, 0.2) is 18.2 Å². The molecular formula is C11H9F4N. The highest BCUT2D eigenvalue weighted by Crippen LogP contribution is 2.31. The van der Waals surface area contributed by atoms with E-state index >= 15 is 0 Å². The highest BCUT2D eigenvalue weighted by atomic mass is 19.4. The van der Waals surface area contributed by atoms with Crippen LogP contribution in [0.4, 0.5) is 17.6 Å². The third-order valence-electron chi connectivity index (χ3n) is 1.78. The van der Waals surface area contributed by atoms with Crippen molar-refractivity contribution in [3.63, 3.8) is 0 Å². The molecule has 86 valence electrons. The summed E-state index contributed by atoms with van der Waals surface area (Å²) in [6, 6.07) is 2.59. The number of alkyl halides is 3. The van der Waals surface area contributed by atoms with Gasteiger partial charge in [-0.2, -0.15) is 13.2 Å². The summed E-state index contributed by atoms with van der Waals surface area (Å²) >= 11 is 0. The van der Waals surface area contributed by atoms with Gasteiger partial charge in [-0.3, -0.25) is 0 Å². The third-order valence-corrected chi connectivity index (χ3v) is 1.78. The van der Waals surface area contributed by atoms with Gasteiger partial charge in [-0.05, 0) is 18.2 Å². The normalized spacial score (nSPS) is 10.8. The van der Waals surface area contributed by atoms with Crippen molar-refractivity contribution in [2.24, 2.45) is 5.73 Å². The monoisotopic (exact) mass is 231 g/mol. The molecule has 1 rings (SSSR count). The third kappa shape index (κ3) is 3.24. The molecule has 1 nitrogen and oxygen atoms in total. The highest BCUT2D eigenvalue weighted by molar-refractivity contribution is 5.37. The molecule has 2 N–H and O–H groups in total. The average Bonchev–Trinajstić information content (AvgIpc) is 2.16. The molecule has 0 saturated heterocycles. The van der Waals surface area contributed by atoms with Crippen LogP contribution >= 0.6 is 0 Å². The molecular weight excluding hydrogens is 222 g/mol. The van der Waals surface area contributed by atoms with E-state index in [1.165, 1.54) is 0 Å². The first kappa shape index (κ1) is 12.5. The SMILES string of the molecule is NCCC#Cc1ccc(C(F)(F)F)c(F)c1. The second-order valence-electron chi connectivity index (χ2n) is 3.03. The summed E-state index contributed by atoms with van der Waals surface area (Å²) in [6.07, 6.45) is -4.25. The number of nitrogens with two attached hydrogens (primary N) is 1. The Morgan fingerprint density at radius 2 is 1.94 bits per heavy atom. The van der Waals surface area contributed by atoms with Gasteiger partial charge in [0.05, 0.1) is 5.56 Å². The van der Waals surface area contributed by atoms with Crippen molar-refractivity contribution >= 4 is 0 Å². The Morgan fingerprint density at radius 1 is 1.25 bits per heavy atom. The lowest BCUT2D eigenvalue weighted by atomic mass is 10.1. The van der Waals surface area contributed by atoms with E-state index in [1.807, 2.05) is 0 Å². The van der Waals surface area contributed by atoms with Gasteiger partial charge in [-0.25, -0.2) is 4.39 Å². The molecule has 0 spiro atoms. The Kier molecular flexibility index (Phi) is 3.91. The zero-order valence-electron chi connectivity index (χ0n) is 8.24. The van der Waals surface area contributed by atoms with Crippen LogP contribution in [-0.2, 0) is 6.18 Å². The Morgan fingerprint density at radius 3 is 2.44 bits per heavy atom. The number of benzene rings is 1. The van der Waals surface area contributed by atoms with E-state index in [4.69, 9.17) is 5.73 Å². The topological polar surface area (TPSA) is 26.0 Å². The zero-order chi connectivity index (χ0) is 12.2. The largest absolute Gasteiger partial charge is 0.419 e. The summed E-state index contributed by atoms with van der Waals surface area (Å²) in [7, 11) is 0. The van der Waals surface area contributed by atoms with Crippen molar-refractivity contribution in [2.45, 2.75) is 12.6 Å². The van der Waals surface area contributed by atoms with E-state index in [0.29, 0.717) is 19.0 Å². The van der Waals surface area contributed by atoms with Gasteiger partial charge >= 0.3 is 6.18 Å². The molecule has 1 aromatic rings. The number of rotatable bonds is 1. The molecule has 0 amide bonds. The lowest BCUT2D eigenvalue weighted by Gasteiger charge is -2.07. The second-order valence-corrected chi connectivity index (χ2v) is 3.03. The molecule has 0 aliphatic heterocycles. The Bertz CT molecular complexity index is 426. The van der Waals surface area contributed by atoms with Crippen LogP contribution in [0.5, 0.6) is 0 Å². The summed E-state index contributed by atoms with van der Waals surface area (Å²) in [5.41, 5.74) is 4.11. The van der Waals surface area contributed by atoms with E-state index in [0.717, 1.165) is 12.1 Å². The molecule has 0 bridgehead atoms. The van der Waals surface area contributed by atoms with Crippen LogP contribution in [-0.4, -0.2) is 6.54 Å². The summed E-state index contributed by atoms with van der Waals surface area (Å²) in [5.74, 6) is 3.83. The molecule has 0 unspecified atom stereocenters. The Hall–Kier alpha value is -1.54. The van der Waals surface area contributed by atoms with Gasteiger partial charge in [0.1, 0.15) is 5.82 Å². The number of halogens is 4. The van der Waals surface area contributed by atoms with Gasteiger partial charge in [0.2, 0.25) is 0 Å². The predicted octanol–water partition coefficient (Wildman–Crippen LogP) is 2.54. The van der Waals surface area contributed by atoms with Gasteiger partial charge in [0.15, 0.2) is 0 Å². The van der Waals surface area contributed by atoms with E-state index in [2.05, 4.69) is 11.8 Å². The van der Waals surface area contributed by atoms with Crippen molar-refractivity contribution < 1.29 is 17.6 Å². The van der Waals surface area contributed by atoms with Crippen LogP contribution in [0.1, 0.15) is 17.5 Å². The first-order chi connectivity index (χ1) is 7.45. The molecule has 1 aromatic carbocycles. The molecule has 5 heteroatoms. The predicted molar refractivity (Wildman–Crippen MR) is 52.0 cm³/mol. The molecule has 0 radical (unpaired) electrons. The second kappa shape index (κ2) is 4.99. The van der Waals surface area contributed by atoms with Crippen molar-refractivity contribution in [3.8, 4) is 11.8 Å². The zero-order valence-corrected chi connectivity index (χ0v) is 8.24. The van der Waals surface area contributed by atoms with Crippen LogP contribution < -0.4 is 5.73 Å². The maximum atomic E-state index is 13.0. The van der Waals surface area contributed by atoms with Crippen molar-refractivity contribution in [1.29, 1.82) is 0 Å². The average molecular weight is 231 g/mol. The lowest BCUT2D eigenvalue weighted by Crippen LogP contribution is -2.07. The number of hydrogen-bond acceptors (Lipinski definition) is 1. The first-order valence-corrected chi connectivity index (χ1v) is 4.51. The minimum Gasteiger partial charge on any atom is -0.330 e. The fraction of sp³-hybridized carbons (Fsp3) is 0.273. The standard InChI is InChI=1S/C11H9F4N/c12-10-7-8(3-1-2-6-16)4-5-9(10)11(13,14)15/h4-5,7H,2,6,16H2. The van der Waals surface area contributed by atoms with Crippen LogP contribution in [0.25, 0.3) is 0 Å². The summed E-state index contributed by atoms with van der Waals surface area (Å²) in [6.45, 7) is 0.357. The summed E-state index contributed by atoms with van der Waals surface area (Å²) in [5, 5.41) is 0. The maximum Gasteiger partial charge on any atom is 0.419 e. The molecule has 0 fully saturated rings. The fourth-order valence-electron chi connectivity index (χ4n) is 1.06.